The zero-order valence-electron chi connectivity index (χ0n) is 17.5. The topological polar surface area (TPSA) is 78.4 Å². The first-order valence-electron chi connectivity index (χ1n) is 10.4. The van der Waals surface area contributed by atoms with Crippen LogP contribution in [0.2, 0.25) is 0 Å². The SMILES string of the molecule is CCNC(=NCC1(O)CCOCC1)NC1CCCN(c2ccccc2OC)C1.I. The van der Waals surface area contributed by atoms with E-state index in [9.17, 15) is 5.11 Å². The highest BCUT2D eigenvalue weighted by molar-refractivity contribution is 14.0. The lowest BCUT2D eigenvalue weighted by Crippen LogP contribution is -2.52. The van der Waals surface area contributed by atoms with E-state index in [1.165, 1.54) is 0 Å². The number of piperidine rings is 1. The van der Waals surface area contributed by atoms with E-state index in [0.717, 1.165) is 49.9 Å². The minimum Gasteiger partial charge on any atom is -0.495 e. The number of anilines is 1. The van der Waals surface area contributed by atoms with E-state index in [2.05, 4.69) is 39.6 Å². The number of guanidine groups is 1. The van der Waals surface area contributed by atoms with Crippen molar-refractivity contribution in [3.8, 4) is 5.75 Å². The highest BCUT2D eigenvalue weighted by atomic mass is 127. The smallest absolute Gasteiger partial charge is 0.191 e. The average molecular weight is 518 g/mol. The third-order valence-corrected chi connectivity index (χ3v) is 5.49. The Morgan fingerprint density at radius 1 is 1.34 bits per heavy atom. The van der Waals surface area contributed by atoms with E-state index in [1.807, 2.05) is 12.1 Å². The number of hydrogen-bond donors (Lipinski definition) is 3. The molecule has 0 radical (unpaired) electrons. The third-order valence-electron chi connectivity index (χ3n) is 5.49. The van der Waals surface area contributed by atoms with Crippen molar-refractivity contribution in [1.82, 2.24) is 10.6 Å². The molecule has 0 saturated carbocycles. The lowest BCUT2D eigenvalue weighted by Gasteiger charge is -2.36. The number of para-hydroxylation sites is 2. The second kappa shape index (κ2) is 11.8. The molecular formula is C21H35IN4O3. The second-order valence-corrected chi connectivity index (χ2v) is 7.63. The molecule has 3 rings (SSSR count). The molecule has 8 heteroatoms. The van der Waals surface area contributed by atoms with E-state index in [1.54, 1.807) is 7.11 Å². The van der Waals surface area contributed by atoms with Crippen LogP contribution >= 0.6 is 24.0 Å². The maximum atomic E-state index is 10.7. The molecule has 0 amide bonds. The number of aliphatic hydroxyl groups is 1. The number of nitrogens with zero attached hydrogens (tertiary/aromatic N) is 2. The van der Waals surface area contributed by atoms with E-state index < -0.39 is 5.60 Å². The summed E-state index contributed by atoms with van der Waals surface area (Å²) in [6, 6.07) is 8.46. The molecule has 1 aromatic rings. The van der Waals surface area contributed by atoms with Crippen LogP contribution in [0.15, 0.2) is 29.3 Å². The monoisotopic (exact) mass is 518 g/mol. The van der Waals surface area contributed by atoms with E-state index in [4.69, 9.17) is 9.47 Å². The van der Waals surface area contributed by atoms with Crippen LogP contribution in [-0.2, 0) is 4.74 Å². The van der Waals surface area contributed by atoms with Gasteiger partial charge in [-0.3, -0.25) is 4.99 Å². The van der Waals surface area contributed by atoms with Gasteiger partial charge in [-0.1, -0.05) is 12.1 Å². The fourth-order valence-electron chi connectivity index (χ4n) is 3.85. The Balaban J connectivity index is 0.00000300. The fourth-order valence-corrected chi connectivity index (χ4v) is 3.85. The van der Waals surface area contributed by atoms with Gasteiger partial charge < -0.3 is 30.1 Å². The Bertz CT molecular complexity index is 653. The van der Waals surface area contributed by atoms with Crippen LogP contribution < -0.4 is 20.3 Å². The summed E-state index contributed by atoms with van der Waals surface area (Å²) in [6.45, 7) is 6.36. The maximum absolute atomic E-state index is 10.7. The summed E-state index contributed by atoms with van der Waals surface area (Å²) in [7, 11) is 1.72. The first-order chi connectivity index (χ1) is 13.6. The number of halogens is 1. The van der Waals surface area contributed by atoms with Gasteiger partial charge in [-0.05, 0) is 31.9 Å². The van der Waals surface area contributed by atoms with Crippen molar-refractivity contribution in [2.75, 3.05) is 51.4 Å². The highest BCUT2D eigenvalue weighted by Gasteiger charge is 2.30. The number of rotatable bonds is 6. The van der Waals surface area contributed by atoms with Gasteiger partial charge in [0.05, 0.1) is 24.9 Å². The van der Waals surface area contributed by atoms with Crippen LogP contribution in [-0.4, -0.2) is 69.2 Å². The molecule has 0 spiro atoms. The predicted molar refractivity (Wildman–Crippen MR) is 128 cm³/mol. The van der Waals surface area contributed by atoms with Crippen LogP contribution in [0.3, 0.4) is 0 Å². The average Bonchev–Trinajstić information content (AvgIpc) is 2.73. The Hall–Kier alpha value is -1.26. The molecule has 7 nitrogen and oxygen atoms in total. The summed E-state index contributed by atoms with van der Waals surface area (Å²) >= 11 is 0. The molecule has 2 heterocycles. The lowest BCUT2D eigenvalue weighted by molar-refractivity contribution is -0.0566. The van der Waals surface area contributed by atoms with Crippen molar-refractivity contribution in [1.29, 1.82) is 0 Å². The normalized spacial score (nSPS) is 21.8. The zero-order valence-corrected chi connectivity index (χ0v) is 19.9. The zero-order chi connectivity index (χ0) is 19.8. The summed E-state index contributed by atoms with van der Waals surface area (Å²) in [5, 5.41) is 17.6. The van der Waals surface area contributed by atoms with Gasteiger partial charge in [0.15, 0.2) is 5.96 Å². The molecule has 0 aromatic heterocycles. The highest BCUT2D eigenvalue weighted by Crippen LogP contribution is 2.29. The second-order valence-electron chi connectivity index (χ2n) is 7.63. The van der Waals surface area contributed by atoms with Gasteiger partial charge in [-0.25, -0.2) is 0 Å². The van der Waals surface area contributed by atoms with Gasteiger partial charge in [0.1, 0.15) is 5.75 Å². The minimum absolute atomic E-state index is 0. The van der Waals surface area contributed by atoms with Crippen molar-refractivity contribution in [3.63, 3.8) is 0 Å². The van der Waals surface area contributed by atoms with E-state index >= 15 is 0 Å². The number of nitrogens with one attached hydrogen (secondary N) is 2. The summed E-state index contributed by atoms with van der Waals surface area (Å²) in [4.78, 5) is 7.05. The number of aliphatic imine (C=N–C) groups is 1. The van der Waals surface area contributed by atoms with Crippen molar-refractivity contribution in [3.05, 3.63) is 24.3 Å². The largest absolute Gasteiger partial charge is 0.495 e. The Morgan fingerprint density at radius 2 is 2.10 bits per heavy atom. The molecule has 29 heavy (non-hydrogen) atoms. The number of benzene rings is 1. The van der Waals surface area contributed by atoms with Gasteiger partial charge in [-0.15, -0.1) is 24.0 Å². The molecule has 2 saturated heterocycles. The number of hydrogen-bond acceptors (Lipinski definition) is 5. The minimum atomic E-state index is -0.753. The molecule has 3 N–H and O–H groups in total. The summed E-state index contributed by atoms with van der Waals surface area (Å²) in [5.74, 6) is 1.68. The lowest BCUT2D eigenvalue weighted by atomic mass is 9.95. The summed E-state index contributed by atoms with van der Waals surface area (Å²) in [6.07, 6.45) is 3.48. The molecule has 0 aliphatic carbocycles. The Morgan fingerprint density at radius 3 is 2.83 bits per heavy atom. The summed E-state index contributed by atoms with van der Waals surface area (Å²) in [5.41, 5.74) is 0.381. The van der Waals surface area contributed by atoms with Gasteiger partial charge in [0.25, 0.3) is 0 Å². The van der Waals surface area contributed by atoms with Gasteiger partial charge in [-0.2, -0.15) is 0 Å². The standard InChI is InChI=1S/C21H34N4O3.HI/c1-3-22-20(23-16-21(26)10-13-28-14-11-21)24-17-7-6-12-25(15-17)18-8-4-5-9-19(18)27-2;/h4-5,8-9,17,26H,3,6-7,10-16H2,1-2H3,(H2,22,23,24);1H. The molecule has 1 aromatic carbocycles. The first kappa shape index (κ1) is 24.0. The van der Waals surface area contributed by atoms with Crippen molar-refractivity contribution >= 4 is 35.6 Å². The number of ether oxygens (including phenoxy) is 2. The van der Waals surface area contributed by atoms with Crippen molar-refractivity contribution in [2.24, 2.45) is 4.99 Å². The molecule has 2 fully saturated rings. The van der Waals surface area contributed by atoms with Crippen LogP contribution in [0.4, 0.5) is 5.69 Å². The fraction of sp³-hybridized carbons (Fsp3) is 0.667. The molecular weight excluding hydrogens is 483 g/mol. The molecule has 2 aliphatic heterocycles. The molecule has 1 unspecified atom stereocenters. The molecule has 164 valence electrons. The van der Waals surface area contributed by atoms with Gasteiger partial charge >= 0.3 is 0 Å². The molecule has 2 aliphatic rings. The quantitative estimate of drug-likeness (QED) is 0.305. The van der Waals surface area contributed by atoms with Gasteiger partial charge in [0, 0.05) is 51.7 Å². The van der Waals surface area contributed by atoms with Crippen LogP contribution in [0, 0.1) is 0 Å². The molecule has 0 bridgehead atoms. The maximum Gasteiger partial charge on any atom is 0.191 e. The Kier molecular flexibility index (Phi) is 9.78. The summed E-state index contributed by atoms with van der Waals surface area (Å²) < 4.78 is 10.9. The molecule has 1 atom stereocenters. The van der Waals surface area contributed by atoms with Crippen LogP contribution in [0.5, 0.6) is 5.75 Å². The third kappa shape index (κ3) is 6.89. The Labute approximate surface area is 191 Å². The van der Waals surface area contributed by atoms with Crippen LogP contribution in [0.25, 0.3) is 0 Å². The van der Waals surface area contributed by atoms with Crippen molar-refractivity contribution < 1.29 is 14.6 Å². The van der Waals surface area contributed by atoms with Gasteiger partial charge in [0.2, 0.25) is 0 Å². The van der Waals surface area contributed by atoms with Crippen LogP contribution in [0.1, 0.15) is 32.6 Å². The van der Waals surface area contributed by atoms with Crippen molar-refractivity contribution in [2.45, 2.75) is 44.2 Å². The van der Waals surface area contributed by atoms with E-state index in [-0.39, 0.29) is 24.0 Å². The predicted octanol–water partition coefficient (Wildman–Crippen LogP) is 2.38. The number of methoxy groups -OCH3 is 1. The van der Waals surface area contributed by atoms with E-state index in [0.29, 0.717) is 38.6 Å². The first-order valence-corrected chi connectivity index (χ1v) is 10.4.